The fraction of sp³-hybridized carbons (Fsp3) is 0.562. The maximum atomic E-state index is 13.4. The van der Waals surface area contributed by atoms with Crippen molar-refractivity contribution in [1.29, 1.82) is 0 Å². The minimum Gasteiger partial charge on any atom is -0.360 e. The molecule has 0 saturated carbocycles. The summed E-state index contributed by atoms with van der Waals surface area (Å²) in [5.41, 5.74) is 6.27. The van der Waals surface area contributed by atoms with Gasteiger partial charge < -0.3 is 16.0 Å². The molecular formula is C16H26FN3O. The van der Waals surface area contributed by atoms with Crippen LogP contribution in [-0.2, 0) is 4.79 Å². The molecule has 0 bridgehead atoms. The Balaban J connectivity index is 2.88. The number of benzene rings is 1. The number of nitrogens with one attached hydrogen (secondary N) is 1. The predicted octanol–water partition coefficient (Wildman–Crippen LogP) is 2.28. The smallest absolute Gasteiger partial charge is 0.242 e. The topological polar surface area (TPSA) is 58.4 Å². The molecule has 0 aromatic heterocycles. The summed E-state index contributed by atoms with van der Waals surface area (Å²) in [6, 6.07) is 6.07. The highest BCUT2D eigenvalue weighted by Crippen LogP contribution is 2.19. The minimum atomic E-state index is -0.368. The Labute approximate surface area is 126 Å². The van der Waals surface area contributed by atoms with E-state index in [4.69, 9.17) is 5.73 Å². The number of halogens is 1. The van der Waals surface area contributed by atoms with Gasteiger partial charge in [0, 0.05) is 18.3 Å². The molecule has 0 radical (unpaired) electrons. The molecule has 1 rings (SSSR count). The van der Waals surface area contributed by atoms with E-state index in [0.29, 0.717) is 18.8 Å². The molecule has 21 heavy (non-hydrogen) atoms. The van der Waals surface area contributed by atoms with E-state index in [1.54, 1.807) is 6.07 Å². The Morgan fingerprint density at radius 2 is 2.14 bits per heavy atom. The van der Waals surface area contributed by atoms with Gasteiger partial charge in [0.05, 0.1) is 0 Å². The summed E-state index contributed by atoms with van der Waals surface area (Å²) >= 11 is 0. The van der Waals surface area contributed by atoms with Crippen LogP contribution in [0.25, 0.3) is 0 Å². The number of carbonyl (C=O) groups is 1. The Hall–Kier alpha value is -1.62. The van der Waals surface area contributed by atoms with Gasteiger partial charge in [-0.05, 0) is 51.4 Å². The highest BCUT2D eigenvalue weighted by atomic mass is 19.1. The van der Waals surface area contributed by atoms with Gasteiger partial charge in [0.1, 0.15) is 11.9 Å². The van der Waals surface area contributed by atoms with Gasteiger partial charge in [0.25, 0.3) is 0 Å². The molecule has 0 fully saturated rings. The summed E-state index contributed by atoms with van der Waals surface area (Å²) < 4.78 is 13.4. The van der Waals surface area contributed by atoms with Crippen molar-refractivity contribution < 1.29 is 9.18 Å². The Morgan fingerprint density at radius 3 is 2.71 bits per heavy atom. The van der Waals surface area contributed by atoms with E-state index in [9.17, 15) is 9.18 Å². The molecule has 4 nitrogen and oxygen atoms in total. The first-order chi connectivity index (χ1) is 9.99. The van der Waals surface area contributed by atoms with E-state index in [2.05, 4.69) is 5.32 Å². The van der Waals surface area contributed by atoms with Crippen molar-refractivity contribution in [1.82, 2.24) is 5.32 Å². The molecule has 1 amide bonds. The lowest BCUT2D eigenvalue weighted by Crippen LogP contribution is -2.48. The van der Waals surface area contributed by atoms with Gasteiger partial charge >= 0.3 is 0 Å². The average molecular weight is 295 g/mol. The van der Waals surface area contributed by atoms with Crippen molar-refractivity contribution in [2.45, 2.75) is 45.7 Å². The lowest BCUT2D eigenvalue weighted by molar-refractivity contribution is -0.122. The van der Waals surface area contributed by atoms with Crippen molar-refractivity contribution in [2.75, 3.05) is 18.0 Å². The van der Waals surface area contributed by atoms with Crippen LogP contribution in [-0.4, -0.2) is 31.1 Å². The van der Waals surface area contributed by atoms with Gasteiger partial charge in [-0.2, -0.15) is 0 Å². The van der Waals surface area contributed by atoms with Gasteiger partial charge in [-0.15, -0.1) is 0 Å². The van der Waals surface area contributed by atoms with Gasteiger partial charge in [0.15, 0.2) is 0 Å². The highest BCUT2D eigenvalue weighted by molar-refractivity contribution is 5.85. The van der Waals surface area contributed by atoms with Crippen LogP contribution in [0.4, 0.5) is 10.1 Å². The number of hydrogen-bond acceptors (Lipinski definition) is 3. The molecule has 5 heteroatoms. The van der Waals surface area contributed by atoms with Gasteiger partial charge in [-0.1, -0.05) is 13.0 Å². The summed E-state index contributed by atoms with van der Waals surface area (Å²) in [6.45, 7) is 6.98. The first-order valence-corrected chi connectivity index (χ1v) is 7.52. The van der Waals surface area contributed by atoms with Crippen LogP contribution in [0.5, 0.6) is 0 Å². The molecule has 0 saturated heterocycles. The van der Waals surface area contributed by atoms with Crippen molar-refractivity contribution in [3.05, 3.63) is 30.1 Å². The third-order valence-electron chi connectivity index (χ3n) is 3.59. The summed E-state index contributed by atoms with van der Waals surface area (Å²) in [4.78, 5) is 14.2. The predicted molar refractivity (Wildman–Crippen MR) is 84.8 cm³/mol. The summed E-state index contributed by atoms with van der Waals surface area (Å²) in [6.07, 6.45) is 1.62. The number of rotatable bonds is 8. The molecule has 2 unspecified atom stereocenters. The molecule has 0 spiro atoms. The van der Waals surface area contributed by atoms with E-state index in [1.165, 1.54) is 12.1 Å². The van der Waals surface area contributed by atoms with Crippen molar-refractivity contribution in [3.8, 4) is 0 Å². The normalized spacial score (nSPS) is 13.6. The zero-order valence-electron chi connectivity index (χ0n) is 13.1. The number of hydrogen-bond donors (Lipinski definition) is 2. The van der Waals surface area contributed by atoms with Crippen LogP contribution in [0.15, 0.2) is 24.3 Å². The van der Waals surface area contributed by atoms with Crippen molar-refractivity contribution in [3.63, 3.8) is 0 Å². The first kappa shape index (κ1) is 17.4. The molecule has 3 N–H and O–H groups in total. The van der Waals surface area contributed by atoms with Gasteiger partial charge in [-0.25, -0.2) is 4.39 Å². The second kappa shape index (κ2) is 8.62. The molecule has 118 valence electrons. The largest absolute Gasteiger partial charge is 0.360 e. The fourth-order valence-electron chi connectivity index (χ4n) is 2.07. The molecule has 0 aliphatic carbocycles. The van der Waals surface area contributed by atoms with E-state index in [1.807, 2.05) is 31.7 Å². The Morgan fingerprint density at radius 1 is 1.43 bits per heavy atom. The first-order valence-electron chi connectivity index (χ1n) is 7.52. The van der Waals surface area contributed by atoms with E-state index in [-0.39, 0.29) is 23.8 Å². The average Bonchev–Trinajstić information content (AvgIpc) is 2.47. The lowest BCUT2D eigenvalue weighted by Gasteiger charge is -2.31. The van der Waals surface area contributed by atoms with E-state index < -0.39 is 0 Å². The van der Waals surface area contributed by atoms with Crippen LogP contribution in [0.3, 0.4) is 0 Å². The van der Waals surface area contributed by atoms with E-state index in [0.717, 1.165) is 12.8 Å². The number of amides is 1. The van der Waals surface area contributed by atoms with Crippen LogP contribution in [0, 0.1) is 5.82 Å². The standard InChI is InChI=1S/C16H26FN3O/c1-4-12(2)19-16(21)13(3)20(10-6-9-18)15-8-5-7-14(17)11-15/h5,7-8,11-13H,4,6,9-10,18H2,1-3H3,(H,19,21). The van der Waals surface area contributed by atoms with Gasteiger partial charge in [-0.3, -0.25) is 4.79 Å². The molecule has 1 aromatic carbocycles. The van der Waals surface area contributed by atoms with Crippen LogP contribution in [0.1, 0.15) is 33.6 Å². The van der Waals surface area contributed by atoms with Crippen molar-refractivity contribution in [2.24, 2.45) is 5.73 Å². The highest BCUT2D eigenvalue weighted by Gasteiger charge is 2.22. The fourth-order valence-corrected chi connectivity index (χ4v) is 2.07. The minimum absolute atomic E-state index is 0.0503. The number of carbonyl (C=O) groups excluding carboxylic acids is 1. The zero-order valence-corrected chi connectivity index (χ0v) is 13.1. The van der Waals surface area contributed by atoms with Crippen LogP contribution in [0.2, 0.25) is 0 Å². The summed E-state index contributed by atoms with van der Waals surface area (Å²) in [7, 11) is 0. The Kier molecular flexibility index (Phi) is 7.15. The zero-order chi connectivity index (χ0) is 15.8. The third-order valence-corrected chi connectivity index (χ3v) is 3.59. The summed E-state index contributed by atoms with van der Waals surface area (Å²) in [5.74, 6) is -0.356. The molecule has 0 heterocycles. The quantitative estimate of drug-likeness (QED) is 0.773. The molecular weight excluding hydrogens is 269 g/mol. The number of nitrogens with zero attached hydrogens (tertiary/aromatic N) is 1. The SMILES string of the molecule is CCC(C)NC(=O)C(C)N(CCCN)c1cccc(F)c1. The lowest BCUT2D eigenvalue weighted by atomic mass is 10.1. The second-order valence-corrected chi connectivity index (χ2v) is 5.31. The molecule has 1 aromatic rings. The Bertz CT molecular complexity index is 453. The van der Waals surface area contributed by atoms with Crippen LogP contribution < -0.4 is 16.0 Å². The molecule has 2 atom stereocenters. The monoisotopic (exact) mass is 295 g/mol. The maximum absolute atomic E-state index is 13.4. The van der Waals surface area contributed by atoms with Gasteiger partial charge in [0.2, 0.25) is 5.91 Å². The summed E-state index contributed by atoms with van der Waals surface area (Å²) in [5, 5.41) is 2.96. The molecule has 0 aliphatic heterocycles. The second-order valence-electron chi connectivity index (χ2n) is 5.31. The number of anilines is 1. The van der Waals surface area contributed by atoms with Crippen molar-refractivity contribution >= 4 is 11.6 Å². The van der Waals surface area contributed by atoms with E-state index >= 15 is 0 Å². The number of nitrogens with two attached hydrogens (primary N) is 1. The molecule has 0 aliphatic rings. The van der Waals surface area contributed by atoms with Crippen LogP contribution >= 0.6 is 0 Å². The third kappa shape index (κ3) is 5.34. The maximum Gasteiger partial charge on any atom is 0.242 e.